The SMILES string of the molecule is CC(C)(C)OC(=O)N1CCC(CN2CCC[C@@H]2CO)CC1. The average molecular weight is 298 g/mol. The van der Waals surface area contributed by atoms with E-state index in [1.807, 2.05) is 25.7 Å². The van der Waals surface area contributed by atoms with Crippen LogP contribution in [0.25, 0.3) is 0 Å². The number of nitrogens with zero attached hydrogens (tertiary/aromatic N) is 2. The van der Waals surface area contributed by atoms with E-state index in [2.05, 4.69) is 4.90 Å². The van der Waals surface area contributed by atoms with Gasteiger partial charge in [-0.05, 0) is 58.9 Å². The number of carbonyl (C=O) groups excluding carboxylic acids is 1. The van der Waals surface area contributed by atoms with Crippen molar-refractivity contribution in [2.75, 3.05) is 32.8 Å². The highest BCUT2D eigenvalue weighted by molar-refractivity contribution is 5.68. The second-order valence-corrected chi connectivity index (χ2v) is 7.38. The van der Waals surface area contributed by atoms with Crippen LogP contribution < -0.4 is 0 Å². The average Bonchev–Trinajstić information content (AvgIpc) is 2.85. The van der Waals surface area contributed by atoms with Crippen LogP contribution in [0.4, 0.5) is 4.79 Å². The zero-order chi connectivity index (χ0) is 15.5. The van der Waals surface area contributed by atoms with Gasteiger partial charge in [0.15, 0.2) is 0 Å². The molecule has 2 saturated heterocycles. The summed E-state index contributed by atoms with van der Waals surface area (Å²) in [6, 6.07) is 0.355. The van der Waals surface area contributed by atoms with E-state index in [-0.39, 0.29) is 12.7 Å². The van der Waals surface area contributed by atoms with Crippen LogP contribution in [0.2, 0.25) is 0 Å². The highest BCUT2D eigenvalue weighted by atomic mass is 16.6. The minimum Gasteiger partial charge on any atom is -0.444 e. The van der Waals surface area contributed by atoms with Crippen molar-refractivity contribution in [3.8, 4) is 0 Å². The van der Waals surface area contributed by atoms with Crippen LogP contribution in [0, 0.1) is 5.92 Å². The molecule has 1 N–H and O–H groups in total. The van der Waals surface area contributed by atoms with Gasteiger partial charge < -0.3 is 14.7 Å². The Balaban J connectivity index is 1.74. The minimum absolute atomic E-state index is 0.185. The minimum atomic E-state index is -0.419. The van der Waals surface area contributed by atoms with Crippen molar-refractivity contribution in [1.29, 1.82) is 0 Å². The van der Waals surface area contributed by atoms with Crippen LogP contribution in [0.1, 0.15) is 46.5 Å². The van der Waals surface area contributed by atoms with Crippen molar-refractivity contribution in [2.45, 2.75) is 58.1 Å². The molecular weight excluding hydrogens is 268 g/mol. The van der Waals surface area contributed by atoms with Crippen LogP contribution in [0.5, 0.6) is 0 Å². The molecule has 0 aromatic rings. The maximum Gasteiger partial charge on any atom is 0.410 e. The normalized spacial score (nSPS) is 25.3. The van der Waals surface area contributed by atoms with E-state index in [4.69, 9.17) is 4.74 Å². The molecule has 0 aliphatic carbocycles. The smallest absolute Gasteiger partial charge is 0.410 e. The Morgan fingerprint density at radius 2 is 1.86 bits per heavy atom. The second kappa shape index (κ2) is 6.97. The third kappa shape index (κ3) is 4.85. The molecule has 122 valence electrons. The van der Waals surface area contributed by atoms with Crippen molar-refractivity contribution in [1.82, 2.24) is 9.80 Å². The van der Waals surface area contributed by atoms with E-state index in [1.165, 1.54) is 6.42 Å². The quantitative estimate of drug-likeness (QED) is 0.867. The van der Waals surface area contributed by atoms with Gasteiger partial charge in [0.1, 0.15) is 5.60 Å². The van der Waals surface area contributed by atoms with Gasteiger partial charge in [-0.15, -0.1) is 0 Å². The summed E-state index contributed by atoms with van der Waals surface area (Å²) in [5.74, 6) is 0.635. The number of rotatable bonds is 3. The molecule has 0 aromatic heterocycles. The number of piperidine rings is 1. The maximum absolute atomic E-state index is 12.0. The molecule has 0 bridgehead atoms. The van der Waals surface area contributed by atoms with Gasteiger partial charge in [-0.25, -0.2) is 4.79 Å². The standard InChI is InChI=1S/C16H30N2O3/c1-16(2,3)21-15(20)17-9-6-13(7-10-17)11-18-8-4-5-14(18)12-19/h13-14,19H,4-12H2,1-3H3/t14-/m1/s1. The highest BCUT2D eigenvalue weighted by Gasteiger charge is 2.30. The number of hydrogen-bond donors (Lipinski definition) is 1. The number of amides is 1. The number of aliphatic hydroxyl groups excluding tert-OH is 1. The second-order valence-electron chi connectivity index (χ2n) is 7.38. The lowest BCUT2D eigenvalue weighted by atomic mass is 9.96. The molecule has 0 saturated carbocycles. The van der Waals surface area contributed by atoms with Crippen molar-refractivity contribution < 1.29 is 14.6 Å². The monoisotopic (exact) mass is 298 g/mol. The zero-order valence-corrected chi connectivity index (χ0v) is 13.7. The van der Waals surface area contributed by atoms with Crippen molar-refractivity contribution in [2.24, 2.45) is 5.92 Å². The molecule has 21 heavy (non-hydrogen) atoms. The van der Waals surface area contributed by atoms with Crippen LogP contribution in [-0.2, 0) is 4.74 Å². The van der Waals surface area contributed by atoms with Gasteiger partial charge in [0.05, 0.1) is 6.61 Å². The Morgan fingerprint density at radius 3 is 2.43 bits per heavy atom. The lowest BCUT2D eigenvalue weighted by molar-refractivity contribution is 0.0163. The first kappa shape index (κ1) is 16.6. The van der Waals surface area contributed by atoms with Crippen LogP contribution in [-0.4, -0.2) is 65.4 Å². The summed E-state index contributed by atoms with van der Waals surface area (Å²) in [5.41, 5.74) is -0.419. The molecule has 2 fully saturated rings. The molecule has 0 unspecified atom stereocenters. The maximum atomic E-state index is 12.0. The highest BCUT2D eigenvalue weighted by Crippen LogP contribution is 2.24. The Kier molecular flexibility index (Phi) is 5.49. The predicted molar refractivity (Wildman–Crippen MR) is 82.2 cm³/mol. The number of likely N-dealkylation sites (tertiary alicyclic amines) is 2. The van der Waals surface area contributed by atoms with Crippen molar-refractivity contribution in [3.05, 3.63) is 0 Å². The molecule has 5 heteroatoms. The Hall–Kier alpha value is -0.810. The van der Waals surface area contributed by atoms with Crippen LogP contribution >= 0.6 is 0 Å². The Bertz CT molecular complexity index is 346. The van der Waals surface area contributed by atoms with Gasteiger partial charge in [-0.1, -0.05) is 0 Å². The van der Waals surface area contributed by atoms with Crippen molar-refractivity contribution >= 4 is 6.09 Å². The number of aliphatic hydroxyl groups is 1. The molecule has 1 atom stereocenters. The van der Waals surface area contributed by atoms with E-state index >= 15 is 0 Å². The van der Waals surface area contributed by atoms with Gasteiger partial charge in [-0.2, -0.15) is 0 Å². The molecule has 2 aliphatic heterocycles. The molecule has 5 nitrogen and oxygen atoms in total. The summed E-state index contributed by atoms with van der Waals surface area (Å²) < 4.78 is 5.42. The van der Waals surface area contributed by atoms with Gasteiger partial charge >= 0.3 is 6.09 Å². The zero-order valence-electron chi connectivity index (χ0n) is 13.7. The molecule has 0 radical (unpaired) electrons. The van der Waals surface area contributed by atoms with Gasteiger partial charge in [-0.3, -0.25) is 4.90 Å². The molecular formula is C16H30N2O3. The molecule has 0 aromatic carbocycles. The van der Waals surface area contributed by atoms with E-state index in [9.17, 15) is 9.90 Å². The Morgan fingerprint density at radius 1 is 1.19 bits per heavy atom. The lowest BCUT2D eigenvalue weighted by Crippen LogP contribution is -2.44. The predicted octanol–water partition coefficient (Wildman–Crippen LogP) is 2.09. The summed E-state index contributed by atoms with van der Waals surface area (Å²) in [6.07, 6.45) is 4.20. The topological polar surface area (TPSA) is 53.0 Å². The Labute approximate surface area is 128 Å². The first-order valence-electron chi connectivity index (χ1n) is 8.22. The lowest BCUT2D eigenvalue weighted by Gasteiger charge is -2.35. The summed E-state index contributed by atoms with van der Waals surface area (Å²) in [6.45, 7) is 9.73. The fourth-order valence-corrected chi connectivity index (χ4v) is 3.30. The molecule has 2 heterocycles. The molecule has 2 aliphatic rings. The largest absolute Gasteiger partial charge is 0.444 e. The first-order valence-corrected chi connectivity index (χ1v) is 8.22. The molecule has 0 spiro atoms. The third-order valence-electron chi connectivity index (χ3n) is 4.47. The van der Waals surface area contributed by atoms with Gasteiger partial charge in [0.2, 0.25) is 0 Å². The molecule has 1 amide bonds. The van der Waals surface area contributed by atoms with Gasteiger partial charge in [0.25, 0.3) is 0 Å². The van der Waals surface area contributed by atoms with Crippen LogP contribution in [0.3, 0.4) is 0 Å². The fourth-order valence-electron chi connectivity index (χ4n) is 3.30. The first-order chi connectivity index (χ1) is 9.89. The van der Waals surface area contributed by atoms with E-state index in [0.717, 1.165) is 45.4 Å². The molecule has 2 rings (SSSR count). The third-order valence-corrected chi connectivity index (χ3v) is 4.47. The fraction of sp³-hybridized carbons (Fsp3) is 0.938. The number of hydrogen-bond acceptors (Lipinski definition) is 4. The van der Waals surface area contributed by atoms with Gasteiger partial charge in [0, 0.05) is 25.7 Å². The summed E-state index contributed by atoms with van der Waals surface area (Å²) in [5, 5.41) is 9.38. The number of carbonyl (C=O) groups is 1. The summed E-state index contributed by atoms with van der Waals surface area (Å²) in [7, 11) is 0. The van der Waals surface area contributed by atoms with E-state index in [0.29, 0.717) is 12.0 Å². The summed E-state index contributed by atoms with van der Waals surface area (Å²) >= 11 is 0. The van der Waals surface area contributed by atoms with Crippen molar-refractivity contribution in [3.63, 3.8) is 0 Å². The van der Waals surface area contributed by atoms with E-state index in [1.54, 1.807) is 0 Å². The van der Waals surface area contributed by atoms with Crippen LogP contribution in [0.15, 0.2) is 0 Å². The summed E-state index contributed by atoms with van der Waals surface area (Å²) in [4.78, 5) is 16.3. The number of ether oxygens (including phenoxy) is 1. The van der Waals surface area contributed by atoms with E-state index < -0.39 is 5.60 Å².